The number of carbonyl (C=O) groups excluding carboxylic acids is 1. The summed E-state index contributed by atoms with van der Waals surface area (Å²) >= 11 is 0. The van der Waals surface area contributed by atoms with Crippen LogP contribution in [0.2, 0.25) is 0 Å². The van der Waals surface area contributed by atoms with E-state index in [4.69, 9.17) is 0 Å². The van der Waals surface area contributed by atoms with E-state index in [-0.39, 0.29) is 33.7 Å². The molecule has 2 heterocycles. The number of likely N-dealkylation sites (N-methyl/N-ethyl adjacent to an activating group) is 1. The van der Waals surface area contributed by atoms with Crippen molar-refractivity contribution >= 4 is 26.8 Å². The van der Waals surface area contributed by atoms with Crippen molar-refractivity contribution in [1.29, 1.82) is 0 Å². The minimum absolute atomic E-state index is 0.000871. The van der Waals surface area contributed by atoms with Gasteiger partial charge in [0.05, 0.1) is 5.52 Å². The van der Waals surface area contributed by atoms with E-state index >= 15 is 0 Å². The van der Waals surface area contributed by atoms with Crippen molar-refractivity contribution in [3.8, 4) is 0 Å². The smallest absolute Gasteiger partial charge is 0.246 e. The van der Waals surface area contributed by atoms with Crippen molar-refractivity contribution in [1.82, 2.24) is 14.6 Å². The number of aromatic nitrogens is 1. The van der Waals surface area contributed by atoms with Crippen molar-refractivity contribution in [3.05, 3.63) is 48.7 Å². The van der Waals surface area contributed by atoms with E-state index in [0.29, 0.717) is 23.3 Å². The van der Waals surface area contributed by atoms with Crippen LogP contribution in [0.3, 0.4) is 0 Å². The molecule has 35 heavy (non-hydrogen) atoms. The first-order valence-corrected chi connectivity index (χ1v) is 14.5. The Bertz CT molecular complexity index is 1320. The molecule has 0 unspecified atom stereocenters. The fraction of sp³-hybridized carbons (Fsp3) is 0.571. The molecule has 1 aliphatic heterocycles. The molecule has 186 valence electrons. The first kappa shape index (κ1) is 23.2. The molecule has 0 saturated heterocycles. The lowest BCUT2D eigenvalue weighted by Crippen LogP contribution is -2.60. The number of carbonyl (C=O) groups is 1. The number of benzene rings is 1. The van der Waals surface area contributed by atoms with Crippen molar-refractivity contribution in [2.45, 2.75) is 69.4 Å². The monoisotopic (exact) mass is 493 g/mol. The standard InChI is InChI=1S/C28H35N3O3S/c1-27-15-13-21-19(9-12-24-28(21,2)16-14-25(32)31(24)3)20(27)10-11-23(27)30-35(33,34)22-8-4-6-18-7-5-17-29-26(18)22/h4-8,14,16-17,19-21,23-24,30H,9-13,15H2,1-3H3/t19-,20-,21-,23-,24+,27-,28+/m0/s1. The van der Waals surface area contributed by atoms with Gasteiger partial charge >= 0.3 is 0 Å². The molecule has 1 aromatic carbocycles. The van der Waals surface area contributed by atoms with Gasteiger partial charge in [0.25, 0.3) is 0 Å². The second-order valence-corrected chi connectivity index (χ2v) is 13.4. The highest BCUT2D eigenvalue weighted by Gasteiger charge is 2.60. The van der Waals surface area contributed by atoms with Gasteiger partial charge in [0.15, 0.2) is 0 Å². The number of hydrogen-bond acceptors (Lipinski definition) is 4. The molecule has 0 radical (unpaired) electrons. The Balaban J connectivity index is 1.28. The van der Waals surface area contributed by atoms with Crippen LogP contribution >= 0.6 is 0 Å². The summed E-state index contributed by atoms with van der Waals surface area (Å²) in [5.41, 5.74) is 0.467. The highest BCUT2D eigenvalue weighted by molar-refractivity contribution is 7.89. The first-order chi connectivity index (χ1) is 16.6. The summed E-state index contributed by atoms with van der Waals surface area (Å²) in [5.74, 6) is 1.71. The molecule has 7 heteroatoms. The van der Waals surface area contributed by atoms with Crippen molar-refractivity contribution < 1.29 is 13.2 Å². The van der Waals surface area contributed by atoms with Gasteiger partial charge in [0.1, 0.15) is 4.90 Å². The largest absolute Gasteiger partial charge is 0.338 e. The van der Waals surface area contributed by atoms with Gasteiger partial charge in [-0.05, 0) is 79.9 Å². The first-order valence-electron chi connectivity index (χ1n) is 13.0. The zero-order chi connectivity index (χ0) is 24.6. The Kier molecular flexibility index (Phi) is 5.21. The average Bonchev–Trinajstić information content (AvgIpc) is 3.17. The maximum absolute atomic E-state index is 13.6. The van der Waals surface area contributed by atoms with Crippen LogP contribution in [0.1, 0.15) is 52.4 Å². The predicted molar refractivity (Wildman–Crippen MR) is 136 cm³/mol. The number of fused-ring (bicyclic) bond motifs is 6. The number of amides is 1. The SMILES string of the molecule is CN1C(=O)C=C[C@]2(C)[C@H]3CC[C@]4(C)[C@@H](NS(=O)(=O)c5cccc6cccnc56)CC[C@H]4[C@@H]3CC[C@@H]12. The maximum atomic E-state index is 13.6. The Morgan fingerprint density at radius 3 is 2.66 bits per heavy atom. The molecule has 2 aromatic rings. The minimum atomic E-state index is -3.70. The molecule has 7 atom stereocenters. The minimum Gasteiger partial charge on any atom is -0.338 e. The van der Waals surface area contributed by atoms with Crippen LogP contribution in [0, 0.1) is 28.6 Å². The number of hydrogen-bond donors (Lipinski definition) is 1. The Morgan fingerprint density at radius 2 is 1.83 bits per heavy atom. The van der Waals surface area contributed by atoms with E-state index in [2.05, 4.69) is 29.6 Å². The summed E-state index contributed by atoms with van der Waals surface area (Å²) < 4.78 is 30.4. The number of sulfonamides is 1. The molecule has 0 spiro atoms. The number of para-hydroxylation sites is 1. The van der Waals surface area contributed by atoms with Crippen molar-refractivity contribution in [3.63, 3.8) is 0 Å². The highest BCUT2D eigenvalue weighted by atomic mass is 32.2. The lowest BCUT2D eigenvalue weighted by Gasteiger charge is -2.60. The van der Waals surface area contributed by atoms with E-state index in [1.54, 1.807) is 24.4 Å². The maximum Gasteiger partial charge on any atom is 0.246 e. The molecular formula is C28H35N3O3S. The van der Waals surface area contributed by atoms with Crippen molar-refractivity contribution in [2.75, 3.05) is 7.05 Å². The summed E-state index contributed by atoms with van der Waals surface area (Å²) in [4.78, 5) is 18.9. The van der Waals surface area contributed by atoms with Gasteiger partial charge in [-0.3, -0.25) is 9.78 Å². The third-order valence-corrected chi connectivity index (χ3v) is 11.8. The third kappa shape index (κ3) is 3.34. The molecular weight excluding hydrogens is 458 g/mol. The lowest BCUT2D eigenvalue weighted by molar-refractivity contribution is -0.138. The van der Waals surface area contributed by atoms with Gasteiger partial charge < -0.3 is 4.90 Å². The van der Waals surface area contributed by atoms with E-state index in [1.165, 1.54) is 0 Å². The number of rotatable bonds is 3. The van der Waals surface area contributed by atoms with Gasteiger partial charge in [0, 0.05) is 36.1 Å². The van der Waals surface area contributed by atoms with Gasteiger partial charge in [-0.2, -0.15) is 0 Å². The fourth-order valence-corrected chi connectivity index (χ4v) is 10.0. The normalized spacial score (nSPS) is 38.8. The zero-order valence-electron chi connectivity index (χ0n) is 20.8. The quantitative estimate of drug-likeness (QED) is 0.682. The van der Waals surface area contributed by atoms with E-state index in [1.807, 2.05) is 30.1 Å². The molecule has 6 rings (SSSR count). The molecule has 1 aromatic heterocycles. The molecule has 0 bridgehead atoms. The summed E-state index contributed by atoms with van der Waals surface area (Å²) in [6.45, 7) is 4.66. The van der Waals surface area contributed by atoms with Gasteiger partial charge in [-0.15, -0.1) is 0 Å². The van der Waals surface area contributed by atoms with E-state index in [9.17, 15) is 13.2 Å². The Labute approximate surface area is 208 Å². The zero-order valence-corrected chi connectivity index (χ0v) is 21.6. The van der Waals surface area contributed by atoms with Crippen LogP contribution < -0.4 is 4.72 Å². The second kappa shape index (κ2) is 7.87. The number of nitrogens with zero attached hydrogens (tertiary/aromatic N) is 2. The number of nitrogens with one attached hydrogen (secondary N) is 1. The molecule has 3 fully saturated rings. The fourth-order valence-electron chi connectivity index (χ4n) is 8.48. The highest BCUT2D eigenvalue weighted by Crippen LogP contribution is 2.64. The van der Waals surface area contributed by atoms with Crippen LogP contribution in [-0.4, -0.2) is 43.3 Å². The van der Waals surface area contributed by atoms with E-state index < -0.39 is 10.0 Å². The van der Waals surface area contributed by atoms with E-state index in [0.717, 1.165) is 43.9 Å². The van der Waals surface area contributed by atoms with Gasteiger partial charge in [-0.1, -0.05) is 38.1 Å². The molecule has 3 saturated carbocycles. The Morgan fingerprint density at radius 1 is 1.03 bits per heavy atom. The molecule has 4 aliphatic rings. The molecule has 6 nitrogen and oxygen atoms in total. The van der Waals surface area contributed by atoms with Crippen LogP contribution in [0.15, 0.2) is 53.6 Å². The Hall–Kier alpha value is -2.25. The topological polar surface area (TPSA) is 79.4 Å². The lowest BCUT2D eigenvalue weighted by atomic mass is 9.48. The predicted octanol–water partition coefficient (Wildman–Crippen LogP) is 4.52. The third-order valence-electron chi connectivity index (χ3n) is 10.3. The summed E-state index contributed by atoms with van der Waals surface area (Å²) in [6.07, 6.45) is 11.8. The molecule has 1 N–H and O–H groups in total. The van der Waals surface area contributed by atoms with Crippen molar-refractivity contribution in [2.24, 2.45) is 28.6 Å². The van der Waals surface area contributed by atoms with Crippen LogP contribution in [0.25, 0.3) is 10.9 Å². The van der Waals surface area contributed by atoms with Crippen LogP contribution in [-0.2, 0) is 14.8 Å². The van der Waals surface area contributed by atoms with Gasteiger partial charge in [-0.25, -0.2) is 13.1 Å². The number of pyridine rings is 1. The summed E-state index contributed by atoms with van der Waals surface area (Å²) in [5, 5.41) is 0.834. The van der Waals surface area contributed by atoms with Crippen LogP contribution in [0.4, 0.5) is 0 Å². The summed E-state index contributed by atoms with van der Waals surface area (Å²) in [7, 11) is -1.75. The molecule has 3 aliphatic carbocycles. The second-order valence-electron chi connectivity index (χ2n) is 11.7. The average molecular weight is 494 g/mol. The van der Waals surface area contributed by atoms with Crippen LogP contribution in [0.5, 0.6) is 0 Å². The summed E-state index contributed by atoms with van der Waals surface area (Å²) in [6, 6.07) is 9.28. The molecule has 1 amide bonds. The van der Waals surface area contributed by atoms with Gasteiger partial charge in [0.2, 0.25) is 15.9 Å².